The van der Waals surface area contributed by atoms with Gasteiger partial charge in [-0.15, -0.1) is 24.0 Å². The van der Waals surface area contributed by atoms with Crippen LogP contribution in [-0.4, -0.2) is 64.4 Å². The maximum atomic E-state index is 5.34. The molecule has 28 heavy (non-hydrogen) atoms. The Kier molecular flexibility index (Phi) is 9.30. The third kappa shape index (κ3) is 6.22. The first-order valence-electron chi connectivity index (χ1n) is 10.0. The van der Waals surface area contributed by atoms with Crippen molar-refractivity contribution in [2.24, 2.45) is 10.4 Å². The predicted molar refractivity (Wildman–Crippen MR) is 125 cm³/mol. The molecular formula is C21H35IN4O2. The molecule has 0 radical (unpaired) electrons. The summed E-state index contributed by atoms with van der Waals surface area (Å²) in [6.45, 7) is 7.89. The van der Waals surface area contributed by atoms with Crippen molar-refractivity contribution in [1.82, 2.24) is 15.5 Å². The van der Waals surface area contributed by atoms with Crippen LogP contribution in [0.5, 0.6) is 5.75 Å². The number of hydrogen-bond donors (Lipinski definition) is 2. The predicted octanol–water partition coefficient (Wildman–Crippen LogP) is 3.04. The Labute approximate surface area is 186 Å². The van der Waals surface area contributed by atoms with Gasteiger partial charge >= 0.3 is 0 Å². The van der Waals surface area contributed by atoms with E-state index in [1.165, 1.54) is 24.8 Å². The monoisotopic (exact) mass is 502 g/mol. The van der Waals surface area contributed by atoms with E-state index in [1.54, 1.807) is 7.11 Å². The summed E-state index contributed by atoms with van der Waals surface area (Å²) in [6, 6.07) is 8.80. The Hall–Kier alpha value is -1.06. The minimum absolute atomic E-state index is 0. The van der Waals surface area contributed by atoms with Gasteiger partial charge in [0, 0.05) is 25.6 Å². The summed E-state index contributed by atoms with van der Waals surface area (Å²) in [4.78, 5) is 6.99. The number of methoxy groups -OCH3 is 1. The first-order valence-corrected chi connectivity index (χ1v) is 10.0. The zero-order chi connectivity index (χ0) is 19.1. The third-order valence-corrected chi connectivity index (χ3v) is 5.60. The van der Waals surface area contributed by atoms with Crippen LogP contribution in [0.3, 0.4) is 0 Å². The van der Waals surface area contributed by atoms with Gasteiger partial charge in [0.1, 0.15) is 5.75 Å². The molecule has 2 fully saturated rings. The molecule has 1 unspecified atom stereocenters. The van der Waals surface area contributed by atoms with E-state index in [4.69, 9.17) is 9.47 Å². The normalized spacial score (nSPS) is 20.5. The summed E-state index contributed by atoms with van der Waals surface area (Å²) < 4.78 is 10.7. The third-order valence-electron chi connectivity index (χ3n) is 5.60. The van der Waals surface area contributed by atoms with Gasteiger partial charge in [-0.25, -0.2) is 0 Å². The number of halogens is 1. The Morgan fingerprint density at radius 2 is 1.86 bits per heavy atom. The van der Waals surface area contributed by atoms with Gasteiger partial charge < -0.3 is 20.1 Å². The standard InChI is InChI=1S/C21H34N4O2.HI/c1-21(15-27-16-21)14-24-20(22-2)23-13-19(25-11-5-4-6-12-25)17-7-9-18(26-3)10-8-17;/h7-10,19H,4-6,11-16H2,1-3H3,(H2,22,23,24);1H. The fourth-order valence-corrected chi connectivity index (χ4v) is 3.78. The van der Waals surface area contributed by atoms with Gasteiger partial charge in [0.25, 0.3) is 0 Å². The Balaban J connectivity index is 0.00000280. The van der Waals surface area contributed by atoms with Crippen molar-refractivity contribution >= 4 is 29.9 Å². The highest BCUT2D eigenvalue weighted by Gasteiger charge is 2.33. The van der Waals surface area contributed by atoms with E-state index in [-0.39, 0.29) is 29.4 Å². The number of benzene rings is 1. The van der Waals surface area contributed by atoms with Gasteiger partial charge in [-0.1, -0.05) is 25.5 Å². The quantitative estimate of drug-likeness (QED) is 0.341. The highest BCUT2D eigenvalue weighted by atomic mass is 127. The molecule has 6 nitrogen and oxygen atoms in total. The lowest BCUT2D eigenvalue weighted by Crippen LogP contribution is -2.52. The summed E-state index contributed by atoms with van der Waals surface area (Å²) in [5, 5.41) is 7.00. The number of piperidine rings is 1. The van der Waals surface area contributed by atoms with Gasteiger partial charge in [0.05, 0.1) is 26.4 Å². The molecule has 2 aliphatic heterocycles. The Morgan fingerprint density at radius 3 is 2.39 bits per heavy atom. The molecule has 2 aliphatic rings. The fourth-order valence-electron chi connectivity index (χ4n) is 3.78. The maximum absolute atomic E-state index is 5.34. The molecule has 0 aromatic heterocycles. The lowest BCUT2D eigenvalue weighted by atomic mass is 9.89. The smallest absolute Gasteiger partial charge is 0.191 e. The molecule has 0 aliphatic carbocycles. The number of hydrogen-bond acceptors (Lipinski definition) is 4. The van der Waals surface area contributed by atoms with Gasteiger partial charge in [0.2, 0.25) is 0 Å². The van der Waals surface area contributed by atoms with Gasteiger partial charge in [0.15, 0.2) is 5.96 Å². The number of likely N-dealkylation sites (tertiary alicyclic amines) is 1. The second kappa shape index (κ2) is 11.2. The number of nitrogens with zero attached hydrogens (tertiary/aromatic N) is 2. The summed E-state index contributed by atoms with van der Waals surface area (Å²) in [5.74, 6) is 1.76. The molecule has 0 spiro atoms. The molecular weight excluding hydrogens is 467 g/mol. The van der Waals surface area contributed by atoms with E-state index < -0.39 is 0 Å². The van der Waals surface area contributed by atoms with Crippen LogP contribution in [0.15, 0.2) is 29.3 Å². The van der Waals surface area contributed by atoms with Crippen LogP contribution in [0.25, 0.3) is 0 Å². The summed E-state index contributed by atoms with van der Waals surface area (Å²) >= 11 is 0. The Bertz CT molecular complexity index is 613. The van der Waals surface area contributed by atoms with Gasteiger partial charge in [-0.3, -0.25) is 9.89 Å². The highest BCUT2D eigenvalue weighted by Crippen LogP contribution is 2.26. The lowest BCUT2D eigenvalue weighted by molar-refractivity contribution is -0.0971. The maximum Gasteiger partial charge on any atom is 0.191 e. The zero-order valence-electron chi connectivity index (χ0n) is 17.4. The number of aliphatic imine (C=N–C) groups is 1. The van der Waals surface area contributed by atoms with Crippen LogP contribution >= 0.6 is 24.0 Å². The van der Waals surface area contributed by atoms with Gasteiger partial charge in [-0.05, 0) is 43.6 Å². The minimum Gasteiger partial charge on any atom is -0.497 e. The number of ether oxygens (including phenoxy) is 2. The second-order valence-electron chi connectivity index (χ2n) is 8.00. The summed E-state index contributed by atoms with van der Waals surface area (Å²) in [6.07, 6.45) is 3.89. The second-order valence-corrected chi connectivity index (χ2v) is 8.00. The van der Waals surface area contributed by atoms with Gasteiger partial charge in [-0.2, -0.15) is 0 Å². The van der Waals surface area contributed by atoms with Crippen LogP contribution in [0.1, 0.15) is 37.8 Å². The molecule has 0 bridgehead atoms. The average molecular weight is 502 g/mol. The average Bonchev–Trinajstić information content (AvgIpc) is 2.70. The molecule has 2 heterocycles. The van der Waals surface area contributed by atoms with E-state index in [0.29, 0.717) is 6.04 Å². The van der Waals surface area contributed by atoms with E-state index >= 15 is 0 Å². The summed E-state index contributed by atoms with van der Waals surface area (Å²) in [7, 11) is 3.54. The van der Waals surface area contributed by atoms with Crippen molar-refractivity contribution in [3.05, 3.63) is 29.8 Å². The Morgan fingerprint density at radius 1 is 1.18 bits per heavy atom. The number of nitrogens with one attached hydrogen (secondary N) is 2. The van der Waals surface area contributed by atoms with Crippen LogP contribution in [0, 0.1) is 5.41 Å². The minimum atomic E-state index is 0. The van der Waals surface area contributed by atoms with E-state index in [9.17, 15) is 0 Å². The molecule has 1 aromatic carbocycles. The molecule has 0 amide bonds. The largest absolute Gasteiger partial charge is 0.497 e. The lowest BCUT2D eigenvalue weighted by Gasteiger charge is -2.38. The van der Waals surface area contributed by atoms with E-state index in [1.807, 2.05) is 7.05 Å². The van der Waals surface area contributed by atoms with Crippen molar-refractivity contribution in [2.45, 2.75) is 32.2 Å². The highest BCUT2D eigenvalue weighted by molar-refractivity contribution is 14.0. The van der Waals surface area contributed by atoms with Crippen LogP contribution in [0.4, 0.5) is 0 Å². The number of guanidine groups is 1. The fraction of sp³-hybridized carbons (Fsp3) is 0.667. The van der Waals surface area contributed by atoms with Crippen LogP contribution in [-0.2, 0) is 4.74 Å². The molecule has 7 heteroatoms. The first kappa shape index (κ1) is 23.2. The molecule has 1 aromatic rings. The number of rotatable bonds is 7. The molecule has 0 saturated carbocycles. The van der Waals surface area contributed by atoms with Crippen molar-refractivity contribution < 1.29 is 9.47 Å². The van der Waals surface area contributed by atoms with Crippen molar-refractivity contribution in [3.63, 3.8) is 0 Å². The van der Waals surface area contributed by atoms with Crippen molar-refractivity contribution in [3.8, 4) is 5.75 Å². The SMILES string of the molecule is CN=C(NCC(c1ccc(OC)cc1)N1CCCCC1)NCC1(C)COC1.I. The van der Waals surface area contributed by atoms with Crippen LogP contribution < -0.4 is 15.4 Å². The van der Waals surface area contributed by atoms with Crippen molar-refractivity contribution in [2.75, 3.05) is 53.6 Å². The molecule has 1 atom stereocenters. The van der Waals surface area contributed by atoms with E-state index in [2.05, 4.69) is 51.7 Å². The summed E-state index contributed by atoms with van der Waals surface area (Å²) in [5.41, 5.74) is 1.54. The molecule has 3 rings (SSSR count). The molecule has 2 N–H and O–H groups in total. The molecule has 2 saturated heterocycles. The van der Waals surface area contributed by atoms with Crippen molar-refractivity contribution in [1.29, 1.82) is 0 Å². The first-order chi connectivity index (χ1) is 13.1. The topological polar surface area (TPSA) is 58.1 Å². The molecule has 158 valence electrons. The van der Waals surface area contributed by atoms with Crippen LogP contribution in [0.2, 0.25) is 0 Å². The zero-order valence-corrected chi connectivity index (χ0v) is 19.7. The van der Waals surface area contributed by atoms with E-state index in [0.717, 1.165) is 51.1 Å².